The van der Waals surface area contributed by atoms with Gasteiger partial charge in [0.15, 0.2) is 0 Å². The van der Waals surface area contributed by atoms with Gasteiger partial charge in [0.1, 0.15) is 0 Å². The Balaban J connectivity index is 2.09. The van der Waals surface area contributed by atoms with Gasteiger partial charge in [0.2, 0.25) is 15.9 Å². The third-order valence-corrected chi connectivity index (χ3v) is 5.52. The maximum Gasteiger partial charge on any atom is 0.235 e. The first-order valence-electron chi connectivity index (χ1n) is 5.94. The van der Waals surface area contributed by atoms with Crippen molar-refractivity contribution in [3.05, 3.63) is 0 Å². The molecule has 0 bridgehead atoms. The minimum absolute atomic E-state index is 0.0420. The van der Waals surface area contributed by atoms with Crippen LogP contribution in [0.5, 0.6) is 0 Å². The summed E-state index contributed by atoms with van der Waals surface area (Å²) in [5.74, 6) is -0.210. The zero-order valence-electron chi connectivity index (χ0n) is 9.72. The maximum atomic E-state index is 12.3. The Labute approximate surface area is 101 Å². The molecule has 2 fully saturated rings. The second kappa shape index (κ2) is 5.32. The van der Waals surface area contributed by atoms with Crippen LogP contribution in [0.15, 0.2) is 0 Å². The molecule has 0 saturated carbocycles. The number of sulfonamides is 1. The van der Waals surface area contributed by atoms with Crippen molar-refractivity contribution in [3.63, 3.8) is 0 Å². The van der Waals surface area contributed by atoms with Crippen molar-refractivity contribution >= 4 is 15.9 Å². The van der Waals surface area contributed by atoms with E-state index in [1.807, 2.05) is 0 Å². The molecule has 6 nitrogen and oxygen atoms in total. The van der Waals surface area contributed by atoms with E-state index in [0.29, 0.717) is 45.6 Å². The van der Waals surface area contributed by atoms with Crippen LogP contribution < -0.4 is 5.32 Å². The number of carbonyl (C=O) groups is 1. The average molecular weight is 262 g/mol. The highest BCUT2D eigenvalue weighted by atomic mass is 32.2. The normalized spacial score (nSPS) is 25.3. The Hall–Kier alpha value is -0.660. The predicted molar refractivity (Wildman–Crippen MR) is 62.0 cm³/mol. The van der Waals surface area contributed by atoms with E-state index in [1.54, 1.807) is 0 Å². The molecular formula is C10H18N2O4S. The molecule has 98 valence electrons. The van der Waals surface area contributed by atoms with Crippen molar-refractivity contribution < 1.29 is 17.9 Å². The van der Waals surface area contributed by atoms with Crippen LogP contribution in [-0.4, -0.2) is 56.7 Å². The highest BCUT2D eigenvalue weighted by Gasteiger charge is 2.34. The number of hydrogen-bond donors (Lipinski definition) is 1. The van der Waals surface area contributed by atoms with E-state index < -0.39 is 10.0 Å². The van der Waals surface area contributed by atoms with Gasteiger partial charge in [-0.1, -0.05) is 0 Å². The molecule has 2 aliphatic rings. The van der Waals surface area contributed by atoms with Crippen LogP contribution in [0.4, 0.5) is 0 Å². The Bertz CT molecular complexity index is 376. The van der Waals surface area contributed by atoms with Gasteiger partial charge in [-0.05, 0) is 19.3 Å². The van der Waals surface area contributed by atoms with Gasteiger partial charge < -0.3 is 10.1 Å². The first-order chi connectivity index (χ1) is 8.10. The first kappa shape index (κ1) is 12.8. The van der Waals surface area contributed by atoms with Gasteiger partial charge in [-0.2, -0.15) is 4.31 Å². The third-order valence-electron chi connectivity index (χ3n) is 3.18. The van der Waals surface area contributed by atoms with E-state index in [2.05, 4.69) is 5.32 Å². The minimum Gasteiger partial charge on any atom is -0.381 e. The highest BCUT2D eigenvalue weighted by molar-refractivity contribution is 7.89. The summed E-state index contributed by atoms with van der Waals surface area (Å²) < 4.78 is 31.1. The van der Waals surface area contributed by atoms with Gasteiger partial charge in [-0.3, -0.25) is 4.79 Å². The molecule has 0 spiro atoms. The molecule has 1 N–H and O–H groups in total. The zero-order chi connectivity index (χ0) is 12.3. The number of ether oxygens (including phenoxy) is 1. The van der Waals surface area contributed by atoms with E-state index >= 15 is 0 Å². The number of rotatable bonds is 2. The zero-order valence-corrected chi connectivity index (χ0v) is 10.5. The molecule has 0 unspecified atom stereocenters. The fourth-order valence-corrected chi connectivity index (χ4v) is 4.07. The van der Waals surface area contributed by atoms with Gasteiger partial charge in [-0.15, -0.1) is 0 Å². The first-order valence-corrected chi connectivity index (χ1v) is 7.44. The van der Waals surface area contributed by atoms with Crippen molar-refractivity contribution in [3.8, 4) is 0 Å². The van der Waals surface area contributed by atoms with Crippen molar-refractivity contribution in [1.82, 2.24) is 9.62 Å². The minimum atomic E-state index is -3.35. The quantitative estimate of drug-likeness (QED) is 0.715. The standard InChI is InChI=1S/C10H18N2O4S/c13-10-8-12(5-1-4-11-10)17(14,15)9-2-6-16-7-3-9/h9H,1-8H2,(H,11,13). The molecule has 2 aliphatic heterocycles. The van der Waals surface area contributed by atoms with E-state index in [1.165, 1.54) is 4.31 Å². The third kappa shape index (κ3) is 2.97. The lowest BCUT2D eigenvalue weighted by atomic mass is 10.2. The summed E-state index contributed by atoms with van der Waals surface area (Å²) in [5.41, 5.74) is 0. The number of amides is 1. The summed E-state index contributed by atoms with van der Waals surface area (Å²) in [7, 11) is -3.35. The number of nitrogens with one attached hydrogen (secondary N) is 1. The van der Waals surface area contributed by atoms with Crippen LogP contribution in [0.2, 0.25) is 0 Å². The number of carbonyl (C=O) groups excluding carboxylic acids is 1. The molecule has 2 rings (SSSR count). The van der Waals surface area contributed by atoms with E-state index in [4.69, 9.17) is 4.74 Å². The summed E-state index contributed by atoms with van der Waals surface area (Å²) in [6.45, 7) is 1.92. The molecule has 2 heterocycles. The van der Waals surface area contributed by atoms with Crippen LogP contribution in [0.25, 0.3) is 0 Å². The van der Waals surface area contributed by atoms with Crippen molar-refractivity contribution in [2.45, 2.75) is 24.5 Å². The van der Waals surface area contributed by atoms with Gasteiger partial charge in [0, 0.05) is 26.3 Å². The molecule has 17 heavy (non-hydrogen) atoms. The second-order valence-electron chi connectivity index (χ2n) is 4.39. The fraction of sp³-hybridized carbons (Fsp3) is 0.900. The Morgan fingerprint density at radius 3 is 2.71 bits per heavy atom. The molecule has 7 heteroatoms. The second-order valence-corrected chi connectivity index (χ2v) is 6.61. The van der Waals surface area contributed by atoms with Crippen LogP contribution in [0, 0.1) is 0 Å². The Morgan fingerprint density at radius 1 is 1.29 bits per heavy atom. The van der Waals surface area contributed by atoms with E-state index in [-0.39, 0.29) is 17.7 Å². The van der Waals surface area contributed by atoms with Crippen molar-refractivity contribution in [1.29, 1.82) is 0 Å². The molecule has 0 aromatic rings. The van der Waals surface area contributed by atoms with Crippen molar-refractivity contribution in [2.24, 2.45) is 0 Å². The topological polar surface area (TPSA) is 75.7 Å². The molecule has 0 aromatic heterocycles. The lowest BCUT2D eigenvalue weighted by Crippen LogP contribution is -2.44. The highest BCUT2D eigenvalue weighted by Crippen LogP contribution is 2.20. The summed E-state index contributed by atoms with van der Waals surface area (Å²) in [6, 6.07) is 0. The van der Waals surface area contributed by atoms with Gasteiger partial charge in [0.25, 0.3) is 0 Å². The van der Waals surface area contributed by atoms with E-state index in [0.717, 1.165) is 0 Å². The maximum absolute atomic E-state index is 12.3. The molecule has 1 amide bonds. The van der Waals surface area contributed by atoms with Crippen LogP contribution in [-0.2, 0) is 19.6 Å². The number of nitrogens with zero attached hydrogens (tertiary/aromatic N) is 1. The molecular weight excluding hydrogens is 244 g/mol. The van der Waals surface area contributed by atoms with Crippen molar-refractivity contribution in [2.75, 3.05) is 32.8 Å². The predicted octanol–water partition coefficient (Wildman–Crippen LogP) is -0.683. The summed E-state index contributed by atoms with van der Waals surface area (Å²) in [6.07, 6.45) is 1.73. The van der Waals surface area contributed by atoms with Gasteiger partial charge in [-0.25, -0.2) is 8.42 Å². The monoisotopic (exact) mass is 262 g/mol. The number of hydrogen-bond acceptors (Lipinski definition) is 4. The largest absolute Gasteiger partial charge is 0.381 e. The summed E-state index contributed by atoms with van der Waals surface area (Å²) >= 11 is 0. The molecule has 0 atom stereocenters. The van der Waals surface area contributed by atoms with Gasteiger partial charge >= 0.3 is 0 Å². The molecule has 0 aromatic carbocycles. The fourth-order valence-electron chi connectivity index (χ4n) is 2.18. The van der Waals surface area contributed by atoms with Gasteiger partial charge in [0.05, 0.1) is 11.8 Å². The van der Waals surface area contributed by atoms with Crippen LogP contribution >= 0.6 is 0 Å². The SMILES string of the molecule is O=C1CN(S(=O)(=O)C2CCOCC2)CCCN1. The van der Waals surface area contributed by atoms with Crippen LogP contribution in [0.3, 0.4) is 0 Å². The molecule has 0 aliphatic carbocycles. The summed E-state index contributed by atoms with van der Waals surface area (Å²) in [5, 5.41) is 2.29. The molecule has 2 saturated heterocycles. The Kier molecular flexibility index (Phi) is 4.01. The smallest absolute Gasteiger partial charge is 0.235 e. The lowest BCUT2D eigenvalue weighted by Gasteiger charge is -2.28. The lowest BCUT2D eigenvalue weighted by molar-refractivity contribution is -0.120. The van der Waals surface area contributed by atoms with Crippen LogP contribution in [0.1, 0.15) is 19.3 Å². The summed E-state index contributed by atoms with van der Waals surface area (Å²) in [4.78, 5) is 11.4. The molecule has 0 radical (unpaired) electrons. The average Bonchev–Trinajstić information content (AvgIpc) is 2.55. The van der Waals surface area contributed by atoms with E-state index in [9.17, 15) is 13.2 Å². The Morgan fingerprint density at radius 2 is 2.00 bits per heavy atom.